The Hall–Kier alpha value is -1.51. The number of ether oxygens (including phenoxy) is 1. The average molecular weight is 334 g/mol. The molecule has 2 rings (SSSR count). The summed E-state index contributed by atoms with van der Waals surface area (Å²) in [5, 5.41) is 0. The number of halogens is 1. The zero-order chi connectivity index (χ0) is 15.6. The van der Waals surface area contributed by atoms with Crippen molar-refractivity contribution in [3.63, 3.8) is 0 Å². The van der Waals surface area contributed by atoms with Crippen LogP contribution in [0.3, 0.4) is 0 Å². The van der Waals surface area contributed by atoms with Crippen molar-refractivity contribution in [2.75, 3.05) is 27.2 Å². The third kappa shape index (κ3) is 7.54. The Morgan fingerprint density at radius 3 is 2.22 bits per heavy atom. The minimum Gasteiger partial charge on any atom is -0.492 e. The highest BCUT2D eigenvalue weighted by molar-refractivity contribution is 5.85. The number of para-hydroxylation sites is 1. The molecule has 3 heteroatoms. The van der Waals surface area contributed by atoms with Crippen molar-refractivity contribution in [3.8, 4) is 5.75 Å². The molecule has 23 heavy (non-hydrogen) atoms. The van der Waals surface area contributed by atoms with Crippen molar-refractivity contribution in [1.29, 1.82) is 0 Å². The van der Waals surface area contributed by atoms with Gasteiger partial charge in [-0.25, -0.2) is 0 Å². The molecule has 0 heterocycles. The minimum absolute atomic E-state index is 0. The predicted octanol–water partition coefficient (Wildman–Crippen LogP) is 4.61. The summed E-state index contributed by atoms with van der Waals surface area (Å²) in [4.78, 5) is 2.14. The third-order valence-corrected chi connectivity index (χ3v) is 3.77. The molecule has 0 aromatic heterocycles. The molecule has 0 atom stereocenters. The topological polar surface area (TPSA) is 12.5 Å². The van der Waals surface area contributed by atoms with Crippen LogP contribution in [0.15, 0.2) is 54.6 Å². The summed E-state index contributed by atoms with van der Waals surface area (Å²) in [5.41, 5.74) is 2.76. The molecule has 0 unspecified atom stereocenters. The number of rotatable bonds is 9. The Morgan fingerprint density at radius 2 is 1.48 bits per heavy atom. The molecule has 2 nitrogen and oxygen atoms in total. The van der Waals surface area contributed by atoms with Gasteiger partial charge >= 0.3 is 0 Å². The molecule has 2 aromatic rings. The number of benzene rings is 2. The molecule has 0 aliphatic heterocycles. The molecule has 0 amide bonds. The first-order chi connectivity index (χ1) is 10.8. The van der Waals surface area contributed by atoms with Crippen molar-refractivity contribution in [2.24, 2.45) is 0 Å². The summed E-state index contributed by atoms with van der Waals surface area (Å²) in [5.74, 6) is 1.05. The van der Waals surface area contributed by atoms with E-state index >= 15 is 0 Å². The molecule has 0 spiro atoms. The van der Waals surface area contributed by atoms with Crippen LogP contribution in [0.5, 0.6) is 5.75 Å². The van der Waals surface area contributed by atoms with E-state index in [0.29, 0.717) is 0 Å². The zero-order valence-corrected chi connectivity index (χ0v) is 15.0. The van der Waals surface area contributed by atoms with Crippen LogP contribution in [0.1, 0.15) is 24.0 Å². The van der Waals surface area contributed by atoms with Crippen molar-refractivity contribution in [1.82, 2.24) is 4.90 Å². The number of aryl methyl sites for hydroxylation is 2. The lowest BCUT2D eigenvalue weighted by Gasteiger charge is -2.14. The van der Waals surface area contributed by atoms with Crippen LogP contribution in [0.25, 0.3) is 0 Å². The first kappa shape index (κ1) is 19.5. The first-order valence-electron chi connectivity index (χ1n) is 8.15. The summed E-state index contributed by atoms with van der Waals surface area (Å²) in [6.07, 6.45) is 4.66. The summed E-state index contributed by atoms with van der Waals surface area (Å²) < 4.78 is 5.92. The van der Waals surface area contributed by atoms with E-state index in [0.717, 1.165) is 31.7 Å². The Bertz CT molecular complexity index is 542. The second kappa shape index (κ2) is 11.1. The lowest BCUT2D eigenvalue weighted by molar-refractivity contribution is 0.259. The second-order valence-electron chi connectivity index (χ2n) is 5.95. The summed E-state index contributed by atoms with van der Waals surface area (Å²) >= 11 is 0. The Kier molecular flexibility index (Phi) is 9.42. The van der Waals surface area contributed by atoms with Crippen LogP contribution >= 0.6 is 12.4 Å². The molecule has 0 saturated heterocycles. The highest BCUT2D eigenvalue weighted by atomic mass is 35.5. The number of unbranched alkanes of at least 4 members (excludes halogenated alkanes) is 1. The van der Waals surface area contributed by atoms with Gasteiger partial charge in [-0.15, -0.1) is 12.4 Å². The molecule has 0 fully saturated rings. The van der Waals surface area contributed by atoms with Gasteiger partial charge in [0, 0.05) is 6.54 Å². The zero-order valence-electron chi connectivity index (χ0n) is 14.2. The van der Waals surface area contributed by atoms with Gasteiger partial charge in [-0.05, 0) is 57.0 Å². The SMILES string of the molecule is CN(C)CCOc1ccccc1CCCCc1ccccc1.Cl. The lowest BCUT2D eigenvalue weighted by atomic mass is 10.0. The quantitative estimate of drug-likeness (QED) is 0.621. The van der Waals surface area contributed by atoms with E-state index in [9.17, 15) is 0 Å². The third-order valence-electron chi connectivity index (χ3n) is 3.77. The monoisotopic (exact) mass is 333 g/mol. The maximum atomic E-state index is 5.92. The van der Waals surface area contributed by atoms with Crippen LogP contribution in [0.4, 0.5) is 0 Å². The van der Waals surface area contributed by atoms with Gasteiger partial charge in [0.25, 0.3) is 0 Å². The molecular weight excluding hydrogens is 306 g/mol. The molecule has 0 bridgehead atoms. The molecule has 0 saturated carbocycles. The molecule has 126 valence electrons. The lowest BCUT2D eigenvalue weighted by Crippen LogP contribution is -2.19. The van der Waals surface area contributed by atoms with E-state index in [1.807, 2.05) is 0 Å². The van der Waals surface area contributed by atoms with Gasteiger partial charge in [-0.1, -0.05) is 48.5 Å². The highest BCUT2D eigenvalue weighted by Crippen LogP contribution is 2.20. The van der Waals surface area contributed by atoms with Crippen molar-refractivity contribution < 1.29 is 4.74 Å². The highest BCUT2D eigenvalue weighted by Gasteiger charge is 2.03. The van der Waals surface area contributed by atoms with Gasteiger partial charge in [0.15, 0.2) is 0 Å². The van der Waals surface area contributed by atoms with Gasteiger partial charge in [-0.2, -0.15) is 0 Å². The number of hydrogen-bond acceptors (Lipinski definition) is 2. The van der Waals surface area contributed by atoms with Gasteiger partial charge in [-0.3, -0.25) is 0 Å². The van der Waals surface area contributed by atoms with Crippen LogP contribution in [-0.4, -0.2) is 32.1 Å². The molecular formula is C20H28ClNO. The Morgan fingerprint density at radius 1 is 0.826 bits per heavy atom. The van der Waals surface area contributed by atoms with Crippen LogP contribution < -0.4 is 4.74 Å². The van der Waals surface area contributed by atoms with E-state index in [2.05, 4.69) is 73.6 Å². The predicted molar refractivity (Wildman–Crippen MR) is 101 cm³/mol. The van der Waals surface area contributed by atoms with Gasteiger partial charge in [0.2, 0.25) is 0 Å². The van der Waals surface area contributed by atoms with Crippen molar-refractivity contribution in [2.45, 2.75) is 25.7 Å². The average Bonchev–Trinajstić information content (AvgIpc) is 2.53. The smallest absolute Gasteiger partial charge is 0.122 e. The summed E-state index contributed by atoms with van der Waals surface area (Å²) in [6.45, 7) is 1.69. The van der Waals surface area contributed by atoms with E-state index < -0.39 is 0 Å². The fraction of sp³-hybridized carbons (Fsp3) is 0.400. The molecule has 2 aromatic carbocycles. The van der Waals surface area contributed by atoms with Gasteiger partial charge in [0.05, 0.1) is 0 Å². The summed E-state index contributed by atoms with van der Waals surface area (Å²) in [7, 11) is 4.14. The molecule has 0 aliphatic carbocycles. The maximum absolute atomic E-state index is 5.92. The van der Waals surface area contributed by atoms with Gasteiger partial charge < -0.3 is 9.64 Å². The fourth-order valence-electron chi connectivity index (χ4n) is 2.48. The van der Waals surface area contributed by atoms with E-state index in [1.54, 1.807) is 0 Å². The Balaban J connectivity index is 0.00000264. The van der Waals surface area contributed by atoms with Gasteiger partial charge in [0.1, 0.15) is 12.4 Å². The summed E-state index contributed by atoms with van der Waals surface area (Å²) in [6, 6.07) is 19.1. The largest absolute Gasteiger partial charge is 0.492 e. The van der Waals surface area contributed by atoms with E-state index in [-0.39, 0.29) is 12.4 Å². The first-order valence-corrected chi connectivity index (χ1v) is 8.15. The Labute approximate surface area is 146 Å². The van der Waals surface area contributed by atoms with Crippen LogP contribution in [-0.2, 0) is 12.8 Å². The number of likely N-dealkylation sites (N-methyl/N-ethyl adjacent to an activating group) is 1. The van der Waals surface area contributed by atoms with Crippen molar-refractivity contribution >= 4 is 12.4 Å². The second-order valence-corrected chi connectivity index (χ2v) is 5.95. The molecule has 0 radical (unpaired) electrons. The maximum Gasteiger partial charge on any atom is 0.122 e. The number of hydrogen-bond donors (Lipinski definition) is 0. The fourth-order valence-corrected chi connectivity index (χ4v) is 2.48. The van der Waals surface area contributed by atoms with E-state index in [4.69, 9.17) is 4.74 Å². The van der Waals surface area contributed by atoms with Crippen molar-refractivity contribution in [3.05, 3.63) is 65.7 Å². The standard InChI is InChI=1S/C20H27NO.ClH/c1-21(2)16-17-22-20-15-9-8-14-19(20)13-7-6-12-18-10-4-3-5-11-18;/h3-5,8-11,14-15H,6-7,12-13,16-17H2,1-2H3;1H. The molecule has 0 aliphatic rings. The van der Waals surface area contributed by atoms with Crippen LogP contribution in [0, 0.1) is 0 Å². The van der Waals surface area contributed by atoms with E-state index in [1.165, 1.54) is 24.0 Å². The molecule has 0 N–H and O–H groups in total. The van der Waals surface area contributed by atoms with Crippen LogP contribution in [0.2, 0.25) is 0 Å². The number of nitrogens with zero attached hydrogens (tertiary/aromatic N) is 1. The normalized spacial score (nSPS) is 10.4. The minimum atomic E-state index is 0.